The van der Waals surface area contributed by atoms with Gasteiger partial charge in [-0.25, -0.2) is 4.79 Å². The van der Waals surface area contributed by atoms with Gasteiger partial charge in [0.05, 0.1) is 6.04 Å². The van der Waals surface area contributed by atoms with Crippen LogP contribution in [0.15, 0.2) is 54.6 Å². The van der Waals surface area contributed by atoms with Gasteiger partial charge < -0.3 is 37.6 Å². The Balaban J connectivity index is 2.23. The molecule has 0 heterocycles. The molecule has 0 aliphatic rings. The maximum Gasteiger partial charge on any atom is 0.326 e. The van der Waals surface area contributed by atoms with Crippen molar-refractivity contribution in [3.63, 3.8) is 0 Å². The Morgan fingerprint density at radius 1 is 0.805 bits per heavy atom. The van der Waals surface area contributed by atoms with Gasteiger partial charge in [0.15, 0.2) is 0 Å². The van der Waals surface area contributed by atoms with Gasteiger partial charge in [0.25, 0.3) is 0 Å². The van der Waals surface area contributed by atoms with E-state index in [4.69, 9.17) is 11.5 Å². The van der Waals surface area contributed by atoms with Crippen LogP contribution in [0.5, 0.6) is 5.75 Å². The second-order valence-corrected chi connectivity index (χ2v) is 10.0. The number of hydrogen-bond donors (Lipinski definition) is 7. The molecule has 41 heavy (non-hydrogen) atoms. The predicted octanol–water partition coefficient (Wildman–Crippen LogP) is 0.355. The van der Waals surface area contributed by atoms with Crippen LogP contribution >= 0.6 is 0 Å². The Morgan fingerprint density at radius 2 is 1.37 bits per heavy atom. The van der Waals surface area contributed by atoms with Gasteiger partial charge in [0, 0.05) is 12.8 Å². The molecule has 0 saturated heterocycles. The van der Waals surface area contributed by atoms with Crippen molar-refractivity contribution in [3.05, 3.63) is 65.7 Å². The minimum atomic E-state index is -1.25. The number of nitrogens with two attached hydrogens (primary N) is 2. The molecule has 0 spiro atoms. The molecule has 0 fully saturated rings. The molecule has 0 aromatic heterocycles. The molecule has 9 N–H and O–H groups in total. The molecule has 4 amide bonds. The zero-order valence-corrected chi connectivity index (χ0v) is 23.2. The van der Waals surface area contributed by atoms with E-state index in [-0.39, 0.29) is 37.4 Å². The first-order chi connectivity index (χ1) is 19.4. The number of rotatable bonds is 16. The Labute approximate surface area is 238 Å². The molecule has 12 heteroatoms. The van der Waals surface area contributed by atoms with Crippen LogP contribution in [0.4, 0.5) is 0 Å². The summed E-state index contributed by atoms with van der Waals surface area (Å²) < 4.78 is 0. The average Bonchev–Trinajstić information content (AvgIpc) is 2.94. The number of primary amides is 1. The van der Waals surface area contributed by atoms with Gasteiger partial charge in [0.1, 0.15) is 23.9 Å². The Kier molecular flexibility index (Phi) is 12.8. The van der Waals surface area contributed by atoms with E-state index in [1.54, 1.807) is 56.3 Å². The molecule has 2 aromatic rings. The summed E-state index contributed by atoms with van der Waals surface area (Å²) in [5.41, 5.74) is 12.7. The number of aromatic hydroxyl groups is 1. The summed E-state index contributed by atoms with van der Waals surface area (Å²) in [5.74, 6) is -4.35. The largest absolute Gasteiger partial charge is 0.508 e. The number of nitrogens with one attached hydrogen (secondary N) is 3. The smallest absolute Gasteiger partial charge is 0.326 e. The van der Waals surface area contributed by atoms with Crippen molar-refractivity contribution in [2.45, 2.75) is 70.1 Å². The minimum Gasteiger partial charge on any atom is -0.508 e. The highest BCUT2D eigenvalue weighted by atomic mass is 16.4. The maximum absolute atomic E-state index is 13.4. The van der Waals surface area contributed by atoms with Gasteiger partial charge in [-0.15, -0.1) is 0 Å². The molecule has 12 nitrogen and oxygen atoms in total. The highest BCUT2D eigenvalue weighted by Crippen LogP contribution is 2.12. The van der Waals surface area contributed by atoms with Gasteiger partial charge >= 0.3 is 5.97 Å². The fraction of sp³-hybridized carbons (Fsp3) is 0.414. The first-order valence-corrected chi connectivity index (χ1v) is 13.4. The number of carbonyl (C=O) groups is 5. The van der Waals surface area contributed by atoms with Crippen LogP contribution in [-0.2, 0) is 36.8 Å². The SMILES string of the molecule is CCC(C)C(NC(=O)C(Cc1ccccc1)NC(=O)C(CCC(N)=O)NC(=O)C(N)Cc1ccc(O)cc1)C(=O)O. The van der Waals surface area contributed by atoms with Crippen molar-refractivity contribution < 1.29 is 34.2 Å². The van der Waals surface area contributed by atoms with Crippen molar-refractivity contribution >= 4 is 29.6 Å². The third kappa shape index (κ3) is 10.9. The molecular weight excluding hydrogens is 530 g/mol. The van der Waals surface area contributed by atoms with Crippen molar-refractivity contribution in [1.82, 2.24) is 16.0 Å². The van der Waals surface area contributed by atoms with Crippen LogP contribution in [0.25, 0.3) is 0 Å². The van der Waals surface area contributed by atoms with Crippen LogP contribution in [0.3, 0.4) is 0 Å². The topological polar surface area (TPSA) is 214 Å². The molecule has 5 unspecified atom stereocenters. The van der Waals surface area contributed by atoms with E-state index in [1.807, 2.05) is 0 Å². The third-order valence-electron chi connectivity index (χ3n) is 6.73. The van der Waals surface area contributed by atoms with E-state index in [1.165, 1.54) is 12.1 Å². The second kappa shape index (κ2) is 16.0. The summed E-state index contributed by atoms with van der Waals surface area (Å²) in [5, 5.41) is 26.8. The molecule has 5 atom stereocenters. The van der Waals surface area contributed by atoms with E-state index in [2.05, 4.69) is 16.0 Å². The zero-order chi connectivity index (χ0) is 30.5. The fourth-order valence-electron chi connectivity index (χ4n) is 4.08. The van der Waals surface area contributed by atoms with Gasteiger partial charge in [0.2, 0.25) is 23.6 Å². The van der Waals surface area contributed by atoms with Gasteiger partial charge in [-0.05, 0) is 42.0 Å². The number of carbonyl (C=O) groups excluding carboxylic acids is 4. The van der Waals surface area contributed by atoms with E-state index in [0.29, 0.717) is 17.5 Å². The van der Waals surface area contributed by atoms with Crippen molar-refractivity contribution in [2.75, 3.05) is 0 Å². The summed E-state index contributed by atoms with van der Waals surface area (Å²) in [6, 6.07) is 10.3. The minimum absolute atomic E-state index is 0.0438. The standard InChI is InChI=1S/C29H39N5O7/c1-3-17(2)25(29(40)41)34-28(39)23(16-18-7-5-4-6-8-18)33-27(38)22(13-14-24(31)36)32-26(37)21(30)15-19-9-11-20(35)12-10-19/h4-12,17,21-23,25,35H,3,13-16,30H2,1-2H3,(H2,31,36)(H,32,37)(H,33,38)(H,34,39)(H,40,41). The van der Waals surface area contributed by atoms with Crippen LogP contribution in [-0.4, -0.2) is 64.0 Å². The highest BCUT2D eigenvalue weighted by Gasteiger charge is 2.32. The van der Waals surface area contributed by atoms with Crippen molar-refractivity contribution in [3.8, 4) is 5.75 Å². The van der Waals surface area contributed by atoms with Gasteiger partial charge in [-0.2, -0.15) is 0 Å². The number of carboxylic acids is 1. The van der Waals surface area contributed by atoms with Crippen LogP contribution < -0.4 is 27.4 Å². The summed E-state index contributed by atoms with van der Waals surface area (Å²) >= 11 is 0. The molecule has 0 aliphatic heterocycles. The Bertz CT molecular complexity index is 1190. The third-order valence-corrected chi connectivity index (χ3v) is 6.73. The lowest BCUT2D eigenvalue weighted by molar-refractivity contribution is -0.143. The van der Waals surface area contributed by atoms with Crippen molar-refractivity contribution in [2.24, 2.45) is 17.4 Å². The summed E-state index contributed by atoms with van der Waals surface area (Å²) in [4.78, 5) is 62.8. The zero-order valence-electron chi connectivity index (χ0n) is 23.2. The lowest BCUT2D eigenvalue weighted by Gasteiger charge is -2.26. The summed E-state index contributed by atoms with van der Waals surface area (Å²) in [7, 11) is 0. The van der Waals surface area contributed by atoms with E-state index in [9.17, 15) is 34.2 Å². The lowest BCUT2D eigenvalue weighted by Crippen LogP contribution is -2.58. The number of phenols is 1. The maximum atomic E-state index is 13.4. The van der Waals surface area contributed by atoms with E-state index >= 15 is 0 Å². The quantitative estimate of drug-likeness (QED) is 0.149. The van der Waals surface area contributed by atoms with Gasteiger partial charge in [-0.3, -0.25) is 19.2 Å². The van der Waals surface area contributed by atoms with E-state index in [0.717, 1.165) is 0 Å². The van der Waals surface area contributed by atoms with Crippen LogP contribution in [0, 0.1) is 5.92 Å². The number of amides is 4. The molecule has 0 radical (unpaired) electrons. The molecule has 0 bridgehead atoms. The Morgan fingerprint density at radius 3 is 1.93 bits per heavy atom. The fourth-order valence-corrected chi connectivity index (χ4v) is 4.08. The molecule has 0 aliphatic carbocycles. The first kappa shape index (κ1) is 32.8. The first-order valence-electron chi connectivity index (χ1n) is 13.4. The molecule has 2 aromatic carbocycles. The summed E-state index contributed by atoms with van der Waals surface area (Å²) in [6.45, 7) is 3.50. The van der Waals surface area contributed by atoms with E-state index < -0.39 is 53.8 Å². The Hall–Kier alpha value is -4.45. The number of hydrogen-bond acceptors (Lipinski definition) is 7. The molecular formula is C29H39N5O7. The number of carboxylic acid groups (broad SMARTS) is 1. The number of benzene rings is 2. The molecule has 2 rings (SSSR count). The predicted molar refractivity (Wildman–Crippen MR) is 151 cm³/mol. The monoisotopic (exact) mass is 569 g/mol. The van der Waals surface area contributed by atoms with Crippen LogP contribution in [0.2, 0.25) is 0 Å². The average molecular weight is 570 g/mol. The second-order valence-electron chi connectivity index (χ2n) is 10.0. The molecule has 0 saturated carbocycles. The van der Waals surface area contributed by atoms with Gasteiger partial charge in [-0.1, -0.05) is 62.7 Å². The number of aliphatic carboxylic acids is 1. The lowest BCUT2D eigenvalue weighted by atomic mass is 9.98. The normalized spacial score (nSPS) is 14.5. The number of phenolic OH excluding ortho intramolecular Hbond substituents is 1. The highest BCUT2D eigenvalue weighted by molar-refractivity contribution is 5.94. The van der Waals surface area contributed by atoms with Crippen molar-refractivity contribution in [1.29, 1.82) is 0 Å². The van der Waals surface area contributed by atoms with Crippen LogP contribution in [0.1, 0.15) is 44.2 Å². The molecule has 222 valence electrons. The summed E-state index contributed by atoms with van der Waals surface area (Å²) in [6.07, 6.45) is 0.279.